The molecule has 0 N–H and O–H groups in total. The van der Waals surface area contributed by atoms with Crippen molar-refractivity contribution in [1.29, 1.82) is 0 Å². The Morgan fingerprint density at radius 2 is 1.92 bits per heavy atom. The van der Waals surface area contributed by atoms with Gasteiger partial charge in [-0.2, -0.15) is 5.10 Å². The lowest BCUT2D eigenvalue weighted by atomic mass is 10.1. The average Bonchev–Trinajstić information content (AvgIpc) is 2.54. The predicted molar refractivity (Wildman–Crippen MR) is 100 cm³/mol. The number of hydrogen-bond donors (Lipinski definition) is 0. The molecule has 2 aromatic rings. The zero-order chi connectivity index (χ0) is 17.7. The second-order valence-corrected chi connectivity index (χ2v) is 7.89. The van der Waals surface area contributed by atoms with E-state index in [0.29, 0.717) is 10.6 Å². The van der Waals surface area contributed by atoms with Crippen molar-refractivity contribution in [2.75, 3.05) is 6.61 Å². The van der Waals surface area contributed by atoms with Gasteiger partial charge >= 0.3 is 0 Å². The van der Waals surface area contributed by atoms with Crippen LogP contribution in [0.3, 0.4) is 0 Å². The summed E-state index contributed by atoms with van der Waals surface area (Å²) in [5, 5.41) is 4.48. The number of aromatic nitrogens is 2. The van der Waals surface area contributed by atoms with E-state index in [4.69, 9.17) is 16.3 Å². The topological polar surface area (TPSA) is 44.1 Å². The molecule has 0 aliphatic carbocycles. The van der Waals surface area contributed by atoms with Gasteiger partial charge in [0.2, 0.25) is 0 Å². The molecule has 0 aliphatic heterocycles. The van der Waals surface area contributed by atoms with Gasteiger partial charge in [0.1, 0.15) is 10.8 Å². The van der Waals surface area contributed by atoms with Crippen molar-refractivity contribution in [3.8, 4) is 5.75 Å². The van der Waals surface area contributed by atoms with Crippen molar-refractivity contribution >= 4 is 23.4 Å². The third kappa shape index (κ3) is 4.77. The highest BCUT2D eigenvalue weighted by molar-refractivity contribution is 7.98. The van der Waals surface area contributed by atoms with Gasteiger partial charge in [0, 0.05) is 5.75 Å². The van der Waals surface area contributed by atoms with E-state index in [0.717, 1.165) is 24.3 Å². The molecule has 1 aromatic heterocycles. The second kappa shape index (κ2) is 8.08. The second-order valence-electron chi connectivity index (χ2n) is 6.49. The van der Waals surface area contributed by atoms with Crippen molar-refractivity contribution in [1.82, 2.24) is 9.78 Å². The highest BCUT2D eigenvalue weighted by Gasteiger charge is 2.19. The Labute approximate surface area is 152 Å². The van der Waals surface area contributed by atoms with E-state index in [1.807, 2.05) is 45.0 Å². The molecule has 0 bridgehead atoms. The molecule has 0 saturated carbocycles. The molecular weight excluding hydrogens is 344 g/mol. The van der Waals surface area contributed by atoms with Crippen molar-refractivity contribution in [2.24, 2.45) is 0 Å². The lowest BCUT2D eigenvalue weighted by Crippen LogP contribution is -2.36. The average molecular weight is 367 g/mol. The first kappa shape index (κ1) is 18.9. The zero-order valence-electron chi connectivity index (χ0n) is 14.5. The standard InChI is InChI=1S/C18H23ClN2O2S/c1-5-10-23-14-8-6-13(7-9-14)12-24-15-11-20-21(18(2,3)4)17(22)16(15)19/h6-9,11H,5,10,12H2,1-4H3. The quantitative estimate of drug-likeness (QED) is 0.693. The van der Waals surface area contributed by atoms with Crippen molar-refractivity contribution < 1.29 is 4.74 Å². The SMILES string of the molecule is CCCOc1ccc(CSc2cnn(C(C)(C)C)c(=O)c2Cl)cc1. The van der Waals surface area contributed by atoms with Crippen LogP contribution in [0.2, 0.25) is 5.02 Å². The largest absolute Gasteiger partial charge is 0.494 e. The van der Waals surface area contributed by atoms with Gasteiger partial charge in [0.15, 0.2) is 0 Å². The maximum atomic E-state index is 12.3. The molecule has 130 valence electrons. The molecule has 2 rings (SSSR count). The maximum absolute atomic E-state index is 12.3. The van der Waals surface area contributed by atoms with Gasteiger partial charge < -0.3 is 4.74 Å². The van der Waals surface area contributed by atoms with Crippen LogP contribution in [0.25, 0.3) is 0 Å². The third-order valence-corrected chi connectivity index (χ3v) is 4.89. The van der Waals surface area contributed by atoms with E-state index in [-0.39, 0.29) is 10.6 Å². The van der Waals surface area contributed by atoms with Crippen LogP contribution in [0.4, 0.5) is 0 Å². The number of halogens is 1. The Bertz CT molecular complexity index is 736. The monoisotopic (exact) mass is 366 g/mol. The molecule has 1 aromatic carbocycles. The molecule has 0 aliphatic rings. The minimum atomic E-state index is -0.391. The fourth-order valence-corrected chi connectivity index (χ4v) is 3.20. The summed E-state index contributed by atoms with van der Waals surface area (Å²) in [7, 11) is 0. The summed E-state index contributed by atoms with van der Waals surface area (Å²) >= 11 is 7.75. The molecule has 6 heteroatoms. The molecule has 0 fully saturated rings. The number of thioether (sulfide) groups is 1. The first-order chi connectivity index (χ1) is 11.3. The summed E-state index contributed by atoms with van der Waals surface area (Å²) in [5.41, 5.74) is 0.496. The number of hydrogen-bond acceptors (Lipinski definition) is 4. The van der Waals surface area contributed by atoms with Crippen LogP contribution >= 0.6 is 23.4 Å². The molecular formula is C18H23ClN2O2S. The van der Waals surface area contributed by atoms with Crippen LogP contribution in [0.1, 0.15) is 39.7 Å². The Hall–Kier alpha value is -1.46. The number of rotatable bonds is 6. The third-order valence-electron chi connectivity index (χ3n) is 3.31. The van der Waals surface area contributed by atoms with Gasteiger partial charge in [0.25, 0.3) is 5.56 Å². The molecule has 0 spiro atoms. The molecule has 0 amide bonds. The minimum Gasteiger partial charge on any atom is -0.494 e. The fraction of sp³-hybridized carbons (Fsp3) is 0.444. The summed E-state index contributed by atoms with van der Waals surface area (Å²) in [6.45, 7) is 8.57. The Morgan fingerprint density at radius 1 is 1.25 bits per heavy atom. The predicted octanol–water partition coefficient (Wildman–Crippen LogP) is 4.73. The van der Waals surface area contributed by atoms with E-state index in [1.54, 1.807) is 6.20 Å². The zero-order valence-corrected chi connectivity index (χ0v) is 16.1. The molecule has 0 atom stereocenters. The lowest BCUT2D eigenvalue weighted by molar-refractivity contribution is 0.317. The van der Waals surface area contributed by atoms with Crippen LogP contribution in [0.15, 0.2) is 40.2 Å². The minimum absolute atomic E-state index is 0.229. The Kier molecular flexibility index (Phi) is 6.35. The van der Waals surface area contributed by atoms with E-state index in [9.17, 15) is 4.79 Å². The molecule has 0 unspecified atom stereocenters. The van der Waals surface area contributed by atoms with Crippen LogP contribution in [0.5, 0.6) is 5.75 Å². The van der Waals surface area contributed by atoms with E-state index < -0.39 is 5.54 Å². The molecule has 24 heavy (non-hydrogen) atoms. The highest BCUT2D eigenvalue weighted by atomic mass is 35.5. The van der Waals surface area contributed by atoms with Crippen LogP contribution in [-0.4, -0.2) is 16.4 Å². The molecule has 0 radical (unpaired) electrons. The van der Waals surface area contributed by atoms with Gasteiger partial charge in [0.05, 0.1) is 23.2 Å². The first-order valence-electron chi connectivity index (χ1n) is 7.95. The molecule has 0 saturated heterocycles. The highest BCUT2D eigenvalue weighted by Crippen LogP contribution is 2.28. The van der Waals surface area contributed by atoms with Gasteiger partial charge in [-0.3, -0.25) is 4.79 Å². The number of ether oxygens (including phenoxy) is 1. The number of nitrogens with zero attached hydrogens (tertiary/aromatic N) is 2. The Morgan fingerprint density at radius 3 is 2.50 bits per heavy atom. The molecule has 4 nitrogen and oxygen atoms in total. The van der Waals surface area contributed by atoms with Crippen LogP contribution in [0, 0.1) is 0 Å². The van der Waals surface area contributed by atoms with Crippen molar-refractivity contribution in [3.63, 3.8) is 0 Å². The fourth-order valence-electron chi connectivity index (χ4n) is 2.06. The molecule has 1 heterocycles. The summed E-state index contributed by atoms with van der Waals surface area (Å²) in [4.78, 5) is 13.0. The summed E-state index contributed by atoms with van der Waals surface area (Å²) in [5.74, 6) is 1.59. The van der Waals surface area contributed by atoms with E-state index >= 15 is 0 Å². The van der Waals surface area contributed by atoms with Gasteiger partial charge in [-0.1, -0.05) is 30.7 Å². The van der Waals surface area contributed by atoms with Gasteiger partial charge in [-0.15, -0.1) is 11.8 Å². The van der Waals surface area contributed by atoms with Crippen molar-refractivity contribution in [2.45, 2.75) is 50.3 Å². The maximum Gasteiger partial charge on any atom is 0.287 e. The number of benzene rings is 1. The van der Waals surface area contributed by atoms with Gasteiger partial charge in [-0.05, 0) is 44.9 Å². The smallest absolute Gasteiger partial charge is 0.287 e. The van der Waals surface area contributed by atoms with E-state index in [1.165, 1.54) is 16.4 Å². The lowest BCUT2D eigenvalue weighted by Gasteiger charge is -2.21. The normalized spacial score (nSPS) is 11.5. The van der Waals surface area contributed by atoms with E-state index in [2.05, 4.69) is 12.0 Å². The van der Waals surface area contributed by atoms with Crippen LogP contribution < -0.4 is 10.3 Å². The first-order valence-corrected chi connectivity index (χ1v) is 9.32. The summed E-state index contributed by atoms with van der Waals surface area (Å²) in [6.07, 6.45) is 2.65. The van der Waals surface area contributed by atoms with Gasteiger partial charge in [-0.25, -0.2) is 4.68 Å². The van der Waals surface area contributed by atoms with Crippen molar-refractivity contribution in [3.05, 3.63) is 51.4 Å². The summed E-state index contributed by atoms with van der Waals surface area (Å²) in [6, 6.07) is 7.97. The van der Waals surface area contributed by atoms with Crippen LogP contribution in [-0.2, 0) is 11.3 Å². The summed E-state index contributed by atoms with van der Waals surface area (Å²) < 4.78 is 6.99. The Balaban J connectivity index is 2.07.